The highest BCUT2D eigenvalue weighted by Gasteiger charge is 2.26. The highest BCUT2D eigenvalue weighted by Crippen LogP contribution is 2.31. The van der Waals surface area contributed by atoms with Gasteiger partial charge >= 0.3 is 0 Å². The summed E-state index contributed by atoms with van der Waals surface area (Å²) in [6.07, 6.45) is 5.49. The molecule has 0 spiro atoms. The fraction of sp³-hybridized carbons (Fsp3) is 0.545. The molecule has 0 aliphatic carbocycles. The second-order valence-electron chi connectivity index (χ2n) is 7.15. The maximum atomic E-state index is 5.65. The molecule has 3 rings (SSSR count). The van der Waals surface area contributed by atoms with Crippen molar-refractivity contribution in [1.82, 2.24) is 20.5 Å². The van der Waals surface area contributed by atoms with Gasteiger partial charge in [0.2, 0.25) is 0 Å². The highest BCUT2D eigenvalue weighted by atomic mass is 32.1. The number of para-hydroxylation sites is 1. The number of nitrogens with zero attached hydrogens (tertiary/aromatic N) is 3. The zero-order valence-electron chi connectivity index (χ0n) is 17.8. The summed E-state index contributed by atoms with van der Waals surface area (Å²) < 4.78 is 5.65. The molecule has 6 nitrogen and oxygen atoms in total. The van der Waals surface area contributed by atoms with Crippen molar-refractivity contribution in [3.63, 3.8) is 0 Å². The second-order valence-corrected chi connectivity index (χ2v) is 8.35. The number of hydrogen-bond acceptors (Lipinski definition) is 5. The molecule has 0 bridgehead atoms. The number of ether oxygens (including phenoxy) is 1. The number of aliphatic imine (C=N–C) groups is 1. The Bertz CT molecular complexity index is 785. The summed E-state index contributed by atoms with van der Waals surface area (Å²) in [6, 6.07) is 8.60. The number of benzene rings is 1. The van der Waals surface area contributed by atoms with Gasteiger partial charge in [0.25, 0.3) is 0 Å². The van der Waals surface area contributed by atoms with Crippen LogP contribution in [0.25, 0.3) is 0 Å². The van der Waals surface area contributed by atoms with E-state index < -0.39 is 0 Å². The van der Waals surface area contributed by atoms with Gasteiger partial charge in [-0.15, -0.1) is 11.3 Å². The number of guanidine groups is 1. The molecule has 1 aromatic carbocycles. The van der Waals surface area contributed by atoms with Crippen molar-refractivity contribution < 1.29 is 4.74 Å². The average molecular weight is 416 g/mol. The van der Waals surface area contributed by atoms with Crippen LogP contribution in [-0.4, -0.2) is 49.1 Å². The second kappa shape index (κ2) is 11.2. The predicted molar refractivity (Wildman–Crippen MR) is 121 cm³/mol. The van der Waals surface area contributed by atoms with E-state index in [1.807, 2.05) is 18.3 Å². The van der Waals surface area contributed by atoms with E-state index >= 15 is 0 Å². The van der Waals surface area contributed by atoms with Gasteiger partial charge in [0, 0.05) is 29.7 Å². The standard InChI is InChI=1S/C22H33N5OS/c1-4-17-14-24-21(29-17)16-26-22(23-5-2)25-15-19(27-12-8-9-13-27)18-10-6-7-11-20(18)28-3/h6-7,10-11,14,19H,4-5,8-9,12-13,15-16H2,1-3H3,(H2,23,25,26). The van der Waals surface area contributed by atoms with Crippen LogP contribution in [0.5, 0.6) is 5.75 Å². The zero-order valence-corrected chi connectivity index (χ0v) is 18.6. The van der Waals surface area contributed by atoms with Crippen LogP contribution in [-0.2, 0) is 13.0 Å². The molecule has 1 aliphatic rings. The lowest BCUT2D eigenvalue weighted by Gasteiger charge is -2.30. The maximum absolute atomic E-state index is 5.65. The average Bonchev–Trinajstić information content (AvgIpc) is 3.44. The number of aromatic nitrogens is 1. The summed E-state index contributed by atoms with van der Waals surface area (Å²) in [7, 11) is 1.75. The summed E-state index contributed by atoms with van der Waals surface area (Å²) in [5.41, 5.74) is 1.23. The van der Waals surface area contributed by atoms with Crippen LogP contribution in [0.4, 0.5) is 0 Å². The van der Waals surface area contributed by atoms with Crippen LogP contribution < -0.4 is 15.4 Å². The number of thiazole rings is 1. The molecule has 1 saturated heterocycles. The van der Waals surface area contributed by atoms with Gasteiger partial charge in [-0.3, -0.25) is 4.90 Å². The molecular formula is C22H33N5OS. The van der Waals surface area contributed by atoms with Gasteiger partial charge in [-0.05, 0) is 45.3 Å². The summed E-state index contributed by atoms with van der Waals surface area (Å²) in [5, 5.41) is 7.98. The molecule has 0 radical (unpaired) electrons. The lowest BCUT2D eigenvalue weighted by Crippen LogP contribution is -2.42. The lowest BCUT2D eigenvalue weighted by molar-refractivity contribution is 0.239. The van der Waals surface area contributed by atoms with Gasteiger partial charge in [0.05, 0.1) is 19.7 Å². The molecule has 1 fully saturated rings. The molecule has 2 heterocycles. The monoisotopic (exact) mass is 415 g/mol. The Morgan fingerprint density at radius 3 is 2.72 bits per heavy atom. The molecule has 1 aromatic heterocycles. The molecular weight excluding hydrogens is 382 g/mol. The highest BCUT2D eigenvalue weighted by molar-refractivity contribution is 7.11. The third-order valence-corrected chi connectivity index (χ3v) is 6.34. The van der Waals surface area contributed by atoms with Gasteiger partial charge in [0.1, 0.15) is 10.8 Å². The van der Waals surface area contributed by atoms with E-state index in [2.05, 4.69) is 46.5 Å². The third-order valence-electron chi connectivity index (χ3n) is 5.21. The Balaban J connectivity index is 1.72. The van der Waals surface area contributed by atoms with E-state index in [0.717, 1.165) is 49.3 Å². The molecule has 29 heavy (non-hydrogen) atoms. The minimum absolute atomic E-state index is 0.254. The van der Waals surface area contributed by atoms with Gasteiger partial charge in [0.15, 0.2) is 5.96 Å². The van der Waals surface area contributed by atoms with Crippen LogP contribution in [0, 0.1) is 0 Å². The van der Waals surface area contributed by atoms with E-state index in [-0.39, 0.29) is 6.04 Å². The predicted octanol–water partition coefficient (Wildman–Crippen LogP) is 3.61. The van der Waals surface area contributed by atoms with E-state index in [0.29, 0.717) is 6.54 Å². The molecule has 158 valence electrons. The summed E-state index contributed by atoms with van der Waals surface area (Å²) in [5.74, 6) is 1.78. The SMILES string of the molecule is CCNC(=NCc1ncc(CC)s1)NCC(c1ccccc1OC)N1CCCC1. The minimum atomic E-state index is 0.254. The van der Waals surface area contributed by atoms with Crippen molar-refractivity contribution in [1.29, 1.82) is 0 Å². The Kier molecular flexibility index (Phi) is 8.31. The van der Waals surface area contributed by atoms with Gasteiger partial charge < -0.3 is 15.4 Å². The first kappa shape index (κ1) is 21.6. The Hall–Kier alpha value is -2.12. The van der Waals surface area contributed by atoms with Crippen molar-refractivity contribution in [2.45, 2.75) is 45.7 Å². The van der Waals surface area contributed by atoms with Gasteiger partial charge in [-0.2, -0.15) is 0 Å². The Morgan fingerprint density at radius 1 is 1.24 bits per heavy atom. The van der Waals surface area contributed by atoms with E-state index in [1.165, 1.54) is 23.3 Å². The number of nitrogens with one attached hydrogen (secondary N) is 2. The van der Waals surface area contributed by atoms with Crippen LogP contribution in [0.1, 0.15) is 48.2 Å². The number of methoxy groups -OCH3 is 1. The summed E-state index contributed by atoms with van der Waals surface area (Å²) in [6.45, 7) is 8.70. The van der Waals surface area contributed by atoms with Crippen molar-refractivity contribution in [2.24, 2.45) is 4.99 Å². The molecule has 0 saturated carbocycles. The largest absolute Gasteiger partial charge is 0.496 e. The quantitative estimate of drug-likeness (QED) is 0.484. The van der Waals surface area contributed by atoms with Crippen molar-refractivity contribution in [3.05, 3.63) is 45.9 Å². The first-order valence-corrected chi connectivity index (χ1v) is 11.4. The third kappa shape index (κ3) is 5.93. The smallest absolute Gasteiger partial charge is 0.191 e. The van der Waals surface area contributed by atoms with Gasteiger partial charge in [-0.1, -0.05) is 25.1 Å². The number of aryl methyl sites for hydroxylation is 1. The topological polar surface area (TPSA) is 61.8 Å². The molecule has 0 amide bonds. The lowest BCUT2D eigenvalue weighted by atomic mass is 10.0. The van der Waals surface area contributed by atoms with Gasteiger partial charge in [-0.25, -0.2) is 9.98 Å². The normalized spacial score (nSPS) is 16.0. The first-order valence-electron chi connectivity index (χ1n) is 10.6. The zero-order chi connectivity index (χ0) is 20.5. The number of likely N-dealkylation sites (tertiary alicyclic amines) is 1. The van der Waals surface area contributed by atoms with Crippen molar-refractivity contribution in [3.8, 4) is 5.75 Å². The fourth-order valence-corrected chi connectivity index (χ4v) is 4.48. The van der Waals surface area contributed by atoms with Crippen LogP contribution in [0.15, 0.2) is 35.5 Å². The van der Waals surface area contributed by atoms with Crippen LogP contribution in [0.2, 0.25) is 0 Å². The maximum Gasteiger partial charge on any atom is 0.191 e. The van der Waals surface area contributed by atoms with Crippen LogP contribution in [0.3, 0.4) is 0 Å². The molecule has 1 unspecified atom stereocenters. The number of hydrogen-bond donors (Lipinski definition) is 2. The summed E-state index contributed by atoms with van der Waals surface area (Å²) >= 11 is 1.74. The van der Waals surface area contributed by atoms with E-state index in [1.54, 1.807) is 18.4 Å². The fourth-order valence-electron chi connectivity index (χ4n) is 3.70. The molecule has 7 heteroatoms. The Labute approximate surface area is 178 Å². The van der Waals surface area contributed by atoms with E-state index in [9.17, 15) is 0 Å². The number of rotatable bonds is 9. The van der Waals surface area contributed by atoms with Crippen LogP contribution >= 0.6 is 11.3 Å². The summed E-state index contributed by atoms with van der Waals surface area (Å²) in [4.78, 5) is 13.1. The van der Waals surface area contributed by atoms with E-state index in [4.69, 9.17) is 9.73 Å². The first-order chi connectivity index (χ1) is 14.2. The molecule has 2 N–H and O–H groups in total. The molecule has 1 aliphatic heterocycles. The van der Waals surface area contributed by atoms with Crippen molar-refractivity contribution in [2.75, 3.05) is 33.3 Å². The van der Waals surface area contributed by atoms with Crippen molar-refractivity contribution >= 4 is 17.3 Å². The molecule has 2 aromatic rings. The minimum Gasteiger partial charge on any atom is -0.496 e. The molecule has 1 atom stereocenters. The Morgan fingerprint density at radius 2 is 2.03 bits per heavy atom.